The number of aromatic hydroxyl groups is 1. The molecule has 0 amide bonds. The highest BCUT2D eigenvalue weighted by molar-refractivity contribution is 5.90. The summed E-state index contributed by atoms with van der Waals surface area (Å²) >= 11 is 0. The molecule has 0 saturated heterocycles. The largest absolute Gasteiger partial charge is 0.508 e. The van der Waals surface area contributed by atoms with Gasteiger partial charge in [-0.1, -0.05) is 30.3 Å². The Hall–Kier alpha value is -2.29. The van der Waals surface area contributed by atoms with Gasteiger partial charge in [0.2, 0.25) is 0 Å². The molecule has 0 heterocycles. The standard InChI is InChI=1S/C18H18O3/c19-17-11-15(10-14-8-4-5-9-16(14)17)18(20)21-12-13-6-2-1-3-7-13/h1-3,6-7,10-11,19H,4-5,8-9,12H2. The van der Waals surface area contributed by atoms with Gasteiger partial charge in [-0.2, -0.15) is 0 Å². The maximum absolute atomic E-state index is 12.1. The van der Waals surface area contributed by atoms with Crippen molar-refractivity contribution in [2.45, 2.75) is 32.3 Å². The molecule has 1 aliphatic carbocycles. The predicted octanol–water partition coefficient (Wildman–Crippen LogP) is 3.63. The summed E-state index contributed by atoms with van der Waals surface area (Å²) in [6.45, 7) is 0.248. The highest BCUT2D eigenvalue weighted by Gasteiger charge is 2.17. The van der Waals surface area contributed by atoms with Crippen molar-refractivity contribution in [3.63, 3.8) is 0 Å². The number of rotatable bonds is 3. The molecule has 0 aromatic heterocycles. The first-order valence-corrected chi connectivity index (χ1v) is 7.30. The van der Waals surface area contributed by atoms with Gasteiger partial charge in [0.05, 0.1) is 5.56 Å². The molecule has 1 N–H and O–H groups in total. The summed E-state index contributed by atoms with van der Waals surface area (Å²) in [6.07, 6.45) is 4.01. The highest BCUT2D eigenvalue weighted by atomic mass is 16.5. The van der Waals surface area contributed by atoms with Gasteiger partial charge in [0.25, 0.3) is 0 Å². The minimum absolute atomic E-state index is 0.221. The van der Waals surface area contributed by atoms with Crippen LogP contribution in [0.5, 0.6) is 5.75 Å². The van der Waals surface area contributed by atoms with E-state index in [1.807, 2.05) is 36.4 Å². The lowest BCUT2D eigenvalue weighted by Gasteiger charge is -2.18. The minimum atomic E-state index is -0.387. The number of phenolic OH excluding ortho intramolecular Hbond substituents is 1. The van der Waals surface area contributed by atoms with Gasteiger partial charge in [-0.25, -0.2) is 4.79 Å². The van der Waals surface area contributed by atoms with Gasteiger partial charge in [-0.3, -0.25) is 0 Å². The van der Waals surface area contributed by atoms with Crippen LogP contribution in [0.15, 0.2) is 42.5 Å². The smallest absolute Gasteiger partial charge is 0.338 e. The number of hydrogen-bond acceptors (Lipinski definition) is 3. The number of aryl methyl sites for hydroxylation is 1. The van der Waals surface area contributed by atoms with Crippen molar-refractivity contribution in [2.75, 3.05) is 0 Å². The zero-order valence-electron chi connectivity index (χ0n) is 11.8. The normalized spacial score (nSPS) is 13.5. The molecular weight excluding hydrogens is 264 g/mol. The lowest BCUT2D eigenvalue weighted by Crippen LogP contribution is -2.09. The number of benzene rings is 2. The average Bonchev–Trinajstić information content (AvgIpc) is 2.53. The second-order valence-corrected chi connectivity index (χ2v) is 5.40. The molecule has 3 rings (SSSR count). The van der Waals surface area contributed by atoms with Crippen molar-refractivity contribution in [1.82, 2.24) is 0 Å². The van der Waals surface area contributed by atoms with E-state index < -0.39 is 0 Å². The Morgan fingerprint density at radius 1 is 1.10 bits per heavy atom. The zero-order chi connectivity index (χ0) is 14.7. The van der Waals surface area contributed by atoms with E-state index in [2.05, 4.69) is 0 Å². The van der Waals surface area contributed by atoms with Crippen LogP contribution >= 0.6 is 0 Å². The molecule has 2 aromatic rings. The molecule has 0 spiro atoms. The number of carbonyl (C=O) groups is 1. The van der Waals surface area contributed by atoms with Crippen molar-refractivity contribution in [3.8, 4) is 5.75 Å². The van der Waals surface area contributed by atoms with Crippen LogP contribution in [0.25, 0.3) is 0 Å². The van der Waals surface area contributed by atoms with Crippen LogP contribution in [0, 0.1) is 0 Å². The Kier molecular flexibility index (Phi) is 3.91. The molecule has 0 aliphatic heterocycles. The van der Waals surface area contributed by atoms with E-state index in [1.165, 1.54) is 6.07 Å². The maximum Gasteiger partial charge on any atom is 0.338 e. The lowest BCUT2D eigenvalue weighted by molar-refractivity contribution is 0.0472. The Bertz CT molecular complexity index is 647. The zero-order valence-corrected chi connectivity index (χ0v) is 11.8. The van der Waals surface area contributed by atoms with E-state index in [9.17, 15) is 9.90 Å². The minimum Gasteiger partial charge on any atom is -0.508 e. The molecule has 0 bridgehead atoms. The van der Waals surface area contributed by atoms with Crippen LogP contribution < -0.4 is 0 Å². The van der Waals surface area contributed by atoms with Crippen LogP contribution in [0.2, 0.25) is 0 Å². The molecule has 0 fully saturated rings. The summed E-state index contributed by atoms with van der Waals surface area (Å²) in [4.78, 5) is 12.1. The summed E-state index contributed by atoms with van der Waals surface area (Å²) in [5.41, 5.74) is 3.45. The van der Waals surface area contributed by atoms with E-state index in [4.69, 9.17) is 4.74 Å². The van der Waals surface area contributed by atoms with E-state index >= 15 is 0 Å². The molecule has 0 unspecified atom stereocenters. The van der Waals surface area contributed by atoms with Crippen molar-refractivity contribution in [1.29, 1.82) is 0 Å². The highest BCUT2D eigenvalue weighted by Crippen LogP contribution is 2.30. The van der Waals surface area contributed by atoms with E-state index in [-0.39, 0.29) is 18.3 Å². The Balaban J connectivity index is 1.74. The second-order valence-electron chi connectivity index (χ2n) is 5.40. The van der Waals surface area contributed by atoms with Crippen LogP contribution in [-0.2, 0) is 24.2 Å². The Labute approximate surface area is 124 Å². The van der Waals surface area contributed by atoms with Crippen molar-refractivity contribution < 1.29 is 14.6 Å². The molecule has 108 valence electrons. The summed E-state index contributed by atoms with van der Waals surface area (Å²) in [5.74, 6) is -0.165. The molecule has 2 aromatic carbocycles. The lowest BCUT2D eigenvalue weighted by atomic mass is 9.89. The van der Waals surface area contributed by atoms with Gasteiger partial charge in [-0.15, -0.1) is 0 Å². The molecule has 0 atom stereocenters. The number of fused-ring (bicyclic) bond motifs is 1. The van der Waals surface area contributed by atoms with Gasteiger partial charge < -0.3 is 9.84 Å². The third-order valence-electron chi connectivity index (χ3n) is 3.89. The number of carbonyl (C=O) groups excluding carboxylic acids is 1. The molecular formula is C18H18O3. The number of hydrogen-bond donors (Lipinski definition) is 1. The summed E-state index contributed by atoms with van der Waals surface area (Å²) in [6, 6.07) is 13.0. The molecule has 0 saturated carbocycles. The molecule has 3 nitrogen and oxygen atoms in total. The Morgan fingerprint density at radius 3 is 2.67 bits per heavy atom. The third-order valence-corrected chi connectivity index (χ3v) is 3.89. The fourth-order valence-electron chi connectivity index (χ4n) is 2.77. The van der Waals surface area contributed by atoms with Crippen molar-refractivity contribution in [3.05, 3.63) is 64.7 Å². The quantitative estimate of drug-likeness (QED) is 0.874. The summed E-state index contributed by atoms with van der Waals surface area (Å²) in [5, 5.41) is 10.1. The average molecular weight is 282 g/mol. The monoisotopic (exact) mass is 282 g/mol. The molecule has 3 heteroatoms. The van der Waals surface area contributed by atoms with E-state index in [1.54, 1.807) is 0 Å². The number of ether oxygens (including phenoxy) is 1. The topological polar surface area (TPSA) is 46.5 Å². The van der Waals surface area contributed by atoms with Gasteiger partial charge in [0.1, 0.15) is 12.4 Å². The van der Waals surface area contributed by atoms with Crippen LogP contribution in [0.3, 0.4) is 0 Å². The van der Waals surface area contributed by atoms with E-state index in [0.717, 1.165) is 42.4 Å². The van der Waals surface area contributed by atoms with Gasteiger partial charge in [0, 0.05) is 0 Å². The third kappa shape index (κ3) is 3.07. The van der Waals surface area contributed by atoms with Gasteiger partial charge in [-0.05, 0) is 54.5 Å². The van der Waals surface area contributed by atoms with Crippen LogP contribution in [-0.4, -0.2) is 11.1 Å². The van der Waals surface area contributed by atoms with Gasteiger partial charge >= 0.3 is 5.97 Å². The van der Waals surface area contributed by atoms with Crippen LogP contribution in [0.4, 0.5) is 0 Å². The Morgan fingerprint density at radius 2 is 1.86 bits per heavy atom. The summed E-state index contributed by atoms with van der Waals surface area (Å²) < 4.78 is 5.31. The van der Waals surface area contributed by atoms with E-state index in [0.29, 0.717) is 5.56 Å². The number of esters is 1. The SMILES string of the molecule is O=C(OCc1ccccc1)c1cc(O)c2c(c1)CCCC2. The predicted molar refractivity (Wildman–Crippen MR) is 80.3 cm³/mol. The van der Waals surface area contributed by atoms with Crippen molar-refractivity contribution in [2.24, 2.45) is 0 Å². The first kappa shape index (κ1) is 13.7. The fourth-order valence-corrected chi connectivity index (χ4v) is 2.77. The second kappa shape index (κ2) is 6.00. The molecule has 0 radical (unpaired) electrons. The first-order chi connectivity index (χ1) is 10.2. The van der Waals surface area contributed by atoms with Gasteiger partial charge in [0.15, 0.2) is 0 Å². The summed E-state index contributed by atoms with van der Waals surface area (Å²) in [7, 11) is 0. The molecule has 21 heavy (non-hydrogen) atoms. The van der Waals surface area contributed by atoms with Crippen molar-refractivity contribution >= 4 is 5.97 Å². The molecule has 1 aliphatic rings. The fraction of sp³-hybridized carbons (Fsp3) is 0.278. The first-order valence-electron chi connectivity index (χ1n) is 7.30. The maximum atomic E-state index is 12.1. The van der Waals surface area contributed by atoms with Crippen LogP contribution in [0.1, 0.15) is 39.9 Å². The number of phenols is 1.